The maximum atomic E-state index is 12.3. The Morgan fingerprint density at radius 3 is 2.35 bits per heavy atom. The molecule has 0 fully saturated rings. The second-order valence-electron chi connectivity index (χ2n) is 4.73. The van der Waals surface area contributed by atoms with Gasteiger partial charge in [-0.3, -0.25) is 9.59 Å². The summed E-state index contributed by atoms with van der Waals surface area (Å²) in [5.41, 5.74) is 0.679. The van der Waals surface area contributed by atoms with Crippen molar-refractivity contribution in [3.05, 3.63) is 58.0 Å². The number of amides is 1. The molecule has 2 aromatic rings. The van der Waals surface area contributed by atoms with E-state index in [9.17, 15) is 14.4 Å². The number of hydrogen-bond acceptors (Lipinski definition) is 5. The van der Waals surface area contributed by atoms with E-state index < -0.39 is 11.9 Å². The molecule has 0 aliphatic heterocycles. The highest BCUT2D eigenvalue weighted by Gasteiger charge is 2.13. The minimum atomic E-state index is -0.458. The van der Waals surface area contributed by atoms with E-state index in [0.29, 0.717) is 11.3 Å². The molecule has 0 saturated heterocycles. The normalized spacial score (nSPS) is 10.0. The van der Waals surface area contributed by atoms with Gasteiger partial charge in [-0.05, 0) is 24.3 Å². The van der Waals surface area contributed by atoms with E-state index in [1.54, 1.807) is 19.2 Å². The largest absolute Gasteiger partial charge is 0.491 e. The van der Waals surface area contributed by atoms with E-state index in [1.807, 2.05) is 0 Å². The summed E-state index contributed by atoms with van der Waals surface area (Å²) in [5, 5.41) is 2.66. The van der Waals surface area contributed by atoms with Gasteiger partial charge in [-0.25, -0.2) is 4.79 Å². The molecule has 0 atom stereocenters. The molecular weight excluding hydrogens is 300 g/mol. The molecule has 0 unspecified atom stereocenters. The van der Waals surface area contributed by atoms with Crippen molar-refractivity contribution in [3.8, 4) is 5.75 Å². The van der Waals surface area contributed by atoms with Crippen LogP contribution in [0.4, 0.5) is 5.69 Å². The molecule has 0 saturated carbocycles. The summed E-state index contributed by atoms with van der Waals surface area (Å²) < 4.78 is 11.0. The molecule has 1 aromatic heterocycles. The molecule has 0 spiro atoms. The van der Waals surface area contributed by atoms with Crippen LogP contribution in [0.25, 0.3) is 0 Å². The number of esters is 1. The third-order valence-corrected chi connectivity index (χ3v) is 3.22. The highest BCUT2D eigenvalue weighted by atomic mass is 16.5. The summed E-state index contributed by atoms with van der Waals surface area (Å²) >= 11 is 0. The Morgan fingerprint density at radius 1 is 1.13 bits per heavy atom. The summed E-state index contributed by atoms with van der Waals surface area (Å²) in [5.74, 6) is -0.745. The third-order valence-electron chi connectivity index (χ3n) is 3.22. The van der Waals surface area contributed by atoms with Crippen LogP contribution >= 0.6 is 0 Å². The molecule has 1 amide bonds. The molecule has 1 heterocycles. The number of methoxy groups -OCH3 is 2. The van der Waals surface area contributed by atoms with Gasteiger partial charge in [-0.15, -0.1) is 0 Å². The fraction of sp³-hybridized carbons (Fsp3) is 0.188. The Balaban J connectivity index is 2.21. The fourth-order valence-electron chi connectivity index (χ4n) is 1.99. The molecule has 0 radical (unpaired) electrons. The van der Waals surface area contributed by atoms with Crippen LogP contribution in [0.15, 0.2) is 41.3 Å². The van der Waals surface area contributed by atoms with Crippen molar-refractivity contribution in [1.29, 1.82) is 0 Å². The summed E-state index contributed by atoms with van der Waals surface area (Å²) in [6.45, 7) is 0. The van der Waals surface area contributed by atoms with E-state index in [1.165, 1.54) is 43.2 Å². The van der Waals surface area contributed by atoms with E-state index in [2.05, 4.69) is 10.1 Å². The summed E-state index contributed by atoms with van der Waals surface area (Å²) in [6, 6.07) is 7.43. The van der Waals surface area contributed by atoms with Crippen LogP contribution in [0.3, 0.4) is 0 Å². The molecule has 0 aliphatic rings. The molecule has 0 bridgehead atoms. The Morgan fingerprint density at radius 2 is 1.78 bits per heavy atom. The van der Waals surface area contributed by atoms with Gasteiger partial charge in [0.1, 0.15) is 5.69 Å². The summed E-state index contributed by atoms with van der Waals surface area (Å²) in [4.78, 5) is 35.4. The number of nitrogens with one attached hydrogen (secondary N) is 1. The number of rotatable bonds is 4. The van der Waals surface area contributed by atoms with Crippen LogP contribution < -0.4 is 15.5 Å². The quantitative estimate of drug-likeness (QED) is 0.862. The highest BCUT2D eigenvalue weighted by molar-refractivity contribution is 6.03. The van der Waals surface area contributed by atoms with Crippen LogP contribution in [0, 0.1) is 0 Å². The topological polar surface area (TPSA) is 86.6 Å². The predicted octanol–water partition coefficient (Wildman–Crippen LogP) is 1.43. The van der Waals surface area contributed by atoms with Gasteiger partial charge in [0.2, 0.25) is 5.43 Å². The monoisotopic (exact) mass is 316 g/mol. The Kier molecular flexibility index (Phi) is 4.80. The van der Waals surface area contributed by atoms with Crippen molar-refractivity contribution in [3.63, 3.8) is 0 Å². The Hall–Kier alpha value is -3.09. The standard InChI is InChI=1S/C16H16N2O5/c1-18-9-14(22-2)13(19)8-12(18)15(20)17-11-6-4-10(5-7-11)16(21)23-3/h4-9H,1-3H3,(H,17,20). The zero-order valence-corrected chi connectivity index (χ0v) is 13.0. The second-order valence-corrected chi connectivity index (χ2v) is 4.73. The first kappa shape index (κ1) is 16.3. The number of aryl methyl sites for hydroxylation is 1. The Bertz CT molecular complexity index is 793. The fourth-order valence-corrected chi connectivity index (χ4v) is 1.99. The number of carbonyl (C=O) groups excluding carboxylic acids is 2. The lowest BCUT2D eigenvalue weighted by Crippen LogP contribution is -2.21. The van der Waals surface area contributed by atoms with E-state index in [-0.39, 0.29) is 16.9 Å². The predicted molar refractivity (Wildman–Crippen MR) is 84.0 cm³/mol. The number of carbonyl (C=O) groups is 2. The molecule has 120 valence electrons. The van der Waals surface area contributed by atoms with Crippen molar-refractivity contribution in [1.82, 2.24) is 4.57 Å². The number of ether oxygens (including phenoxy) is 2. The molecule has 1 N–H and O–H groups in total. The van der Waals surface area contributed by atoms with Crippen LogP contribution in [0.2, 0.25) is 0 Å². The zero-order valence-electron chi connectivity index (χ0n) is 13.0. The molecule has 1 aromatic carbocycles. The maximum absolute atomic E-state index is 12.3. The molecular formula is C16H16N2O5. The number of pyridine rings is 1. The first-order valence-electron chi connectivity index (χ1n) is 6.70. The van der Waals surface area contributed by atoms with E-state index >= 15 is 0 Å². The van der Waals surface area contributed by atoms with Gasteiger partial charge in [-0.2, -0.15) is 0 Å². The number of hydrogen-bond donors (Lipinski definition) is 1. The van der Waals surface area contributed by atoms with Crippen molar-refractivity contribution in [2.24, 2.45) is 7.05 Å². The minimum Gasteiger partial charge on any atom is -0.491 e. The molecule has 23 heavy (non-hydrogen) atoms. The first-order valence-corrected chi connectivity index (χ1v) is 6.70. The van der Waals surface area contributed by atoms with Gasteiger partial charge >= 0.3 is 5.97 Å². The molecule has 2 rings (SSSR count). The van der Waals surface area contributed by atoms with Crippen LogP contribution in [-0.2, 0) is 11.8 Å². The smallest absolute Gasteiger partial charge is 0.337 e. The number of anilines is 1. The number of benzene rings is 1. The van der Waals surface area contributed by atoms with Crippen LogP contribution in [0.1, 0.15) is 20.8 Å². The van der Waals surface area contributed by atoms with Crippen LogP contribution in [-0.4, -0.2) is 30.7 Å². The lowest BCUT2D eigenvalue weighted by atomic mass is 10.2. The van der Waals surface area contributed by atoms with E-state index in [4.69, 9.17) is 4.74 Å². The molecule has 0 aliphatic carbocycles. The SMILES string of the molecule is COC(=O)c1ccc(NC(=O)c2cc(=O)c(OC)cn2C)cc1. The second kappa shape index (κ2) is 6.78. The summed E-state index contributed by atoms with van der Waals surface area (Å²) in [6.07, 6.45) is 1.44. The van der Waals surface area contributed by atoms with Gasteiger partial charge in [0.05, 0.1) is 26.0 Å². The molecule has 7 nitrogen and oxygen atoms in total. The first-order chi connectivity index (χ1) is 11.0. The highest BCUT2D eigenvalue weighted by Crippen LogP contribution is 2.12. The third kappa shape index (κ3) is 3.57. The van der Waals surface area contributed by atoms with Gasteiger partial charge in [0.25, 0.3) is 5.91 Å². The number of nitrogens with zero attached hydrogens (tertiary/aromatic N) is 1. The van der Waals surface area contributed by atoms with Gasteiger partial charge in [-0.1, -0.05) is 0 Å². The van der Waals surface area contributed by atoms with Crippen molar-refractivity contribution in [2.45, 2.75) is 0 Å². The van der Waals surface area contributed by atoms with Gasteiger partial charge in [0, 0.05) is 18.8 Å². The Labute approximate surface area is 132 Å². The van der Waals surface area contributed by atoms with Crippen molar-refractivity contribution in [2.75, 3.05) is 19.5 Å². The van der Waals surface area contributed by atoms with Crippen molar-refractivity contribution >= 4 is 17.6 Å². The van der Waals surface area contributed by atoms with Gasteiger partial charge < -0.3 is 19.4 Å². The van der Waals surface area contributed by atoms with Crippen LogP contribution in [0.5, 0.6) is 5.75 Å². The lowest BCUT2D eigenvalue weighted by Gasteiger charge is -2.11. The van der Waals surface area contributed by atoms with Gasteiger partial charge in [0.15, 0.2) is 5.75 Å². The minimum absolute atomic E-state index is 0.159. The lowest BCUT2D eigenvalue weighted by molar-refractivity contribution is 0.0600. The maximum Gasteiger partial charge on any atom is 0.337 e. The average Bonchev–Trinajstić information content (AvgIpc) is 2.56. The van der Waals surface area contributed by atoms with E-state index in [0.717, 1.165) is 0 Å². The molecule has 7 heteroatoms. The summed E-state index contributed by atoms with van der Waals surface area (Å²) in [7, 11) is 4.32. The number of aromatic nitrogens is 1. The van der Waals surface area contributed by atoms with Crippen molar-refractivity contribution < 1.29 is 19.1 Å². The average molecular weight is 316 g/mol. The zero-order chi connectivity index (χ0) is 17.0.